The Bertz CT molecular complexity index is 453. The normalized spacial score (nSPS) is 18.8. The van der Waals surface area contributed by atoms with Crippen LogP contribution in [-0.4, -0.2) is 34.3 Å². The van der Waals surface area contributed by atoms with E-state index < -0.39 is 0 Å². The molecule has 2 rings (SSSR count). The number of anilines is 1. The molecule has 1 aliphatic heterocycles. The highest BCUT2D eigenvalue weighted by Gasteiger charge is 2.27. The molecule has 5 heteroatoms. The Balaban J connectivity index is 2.25. The third kappa shape index (κ3) is 3.41. The Hall–Kier alpha value is -0.870. The van der Waals surface area contributed by atoms with Crippen LogP contribution in [0.1, 0.15) is 50.4 Å². The molecule has 4 nitrogen and oxygen atoms in total. The summed E-state index contributed by atoms with van der Waals surface area (Å²) >= 11 is 6.27. The van der Waals surface area contributed by atoms with Crippen molar-refractivity contribution in [2.24, 2.45) is 0 Å². The molecule has 0 bridgehead atoms. The van der Waals surface area contributed by atoms with E-state index in [1.165, 1.54) is 12.8 Å². The molecule has 20 heavy (non-hydrogen) atoms. The van der Waals surface area contributed by atoms with Crippen LogP contribution in [0.3, 0.4) is 0 Å². The van der Waals surface area contributed by atoms with E-state index in [0.717, 1.165) is 49.4 Å². The van der Waals surface area contributed by atoms with Crippen LogP contribution in [-0.2, 0) is 6.42 Å². The number of hydrogen-bond donors (Lipinski definition) is 1. The van der Waals surface area contributed by atoms with Gasteiger partial charge in [0.2, 0.25) is 0 Å². The summed E-state index contributed by atoms with van der Waals surface area (Å²) in [4.78, 5) is 11.5. The molecule has 1 aromatic rings. The number of hydrogen-bond acceptors (Lipinski definition) is 4. The van der Waals surface area contributed by atoms with Crippen LogP contribution in [0.5, 0.6) is 0 Å². The van der Waals surface area contributed by atoms with E-state index in [9.17, 15) is 0 Å². The van der Waals surface area contributed by atoms with E-state index in [4.69, 9.17) is 21.7 Å². The summed E-state index contributed by atoms with van der Waals surface area (Å²) < 4.78 is 0. The molecule has 0 aliphatic carbocycles. The number of aryl methyl sites for hydroxylation is 1. The van der Waals surface area contributed by atoms with E-state index in [-0.39, 0.29) is 6.61 Å². The molecule has 0 aromatic carbocycles. The summed E-state index contributed by atoms with van der Waals surface area (Å²) in [5, 5.41) is 9.61. The molecule has 112 valence electrons. The summed E-state index contributed by atoms with van der Waals surface area (Å²) in [5.41, 5.74) is 0.974. The summed E-state index contributed by atoms with van der Waals surface area (Å²) in [6, 6.07) is 0.473. The van der Waals surface area contributed by atoms with Crippen molar-refractivity contribution in [1.82, 2.24) is 9.97 Å². The van der Waals surface area contributed by atoms with Gasteiger partial charge in [0.15, 0.2) is 0 Å². The molecule has 1 unspecified atom stereocenters. The van der Waals surface area contributed by atoms with Crippen molar-refractivity contribution in [3.8, 4) is 0 Å². The van der Waals surface area contributed by atoms with Gasteiger partial charge in [-0.05, 0) is 39.0 Å². The minimum atomic E-state index is 0.259. The largest absolute Gasteiger partial charge is 0.396 e. The second-order valence-corrected chi connectivity index (χ2v) is 5.84. The lowest BCUT2D eigenvalue weighted by atomic mass is 10.1. The van der Waals surface area contributed by atoms with Crippen LogP contribution in [0.4, 0.5) is 5.82 Å². The molecular weight excluding hydrogens is 274 g/mol. The third-order valence-electron chi connectivity index (χ3n) is 3.93. The zero-order valence-corrected chi connectivity index (χ0v) is 13.2. The summed E-state index contributed by atoms with van der Waals surface area (Å²) in [6.07, 6.45) is 6.10. The molecular formula is C15H24ClN3O. The lowest BCUT2D eigenvalue weighted by Crippen LogP contribution is -2.31. The first-order valence-electron chi connectivity index (χ1n) is 7.57. The maximum Gasteiger partial charge on any atom is 0.137 e. The second-order valence-electron chi connectivity index (χ2n) is 5.48. The fraction of sp³-hybridized carbons (Fsp3) is 0.733. The van der Waals surface area contributed by atoms with Crippen LogP contribution in [0, 0.1) is 6.92 Å². The highest BCUT2D eigenvalue weighted by atomic mass is 35.5. The predicted octanol–water partition coefficient (Wildman–Crippen LogP) is 3.13. The van der Waals surface area contributed by atoms with Gasteiger partial charge >= 0.3 is 0 Å². The highest BCUT2D eigenvalue weighted by Crippen LogP contribution is 2.31. The number of aromatic nitrogens is 2. The van der Waals surface area contributed by atoms with E-state index in [1.54, 1.807) is 0 Å². The van der Waals surface area contributed by atoms with E-state index in [1.807, 2.05) is 6.92 Å². The molecule has 0 amide bonds. The van der Waals surface area contributed by atoms with Gasteiger partial charge < -0.3 is 10.0 Å². The van der Waals surface area contributed by atoms with E-state index in [2.05, 4.69) is 16.8 Å². The van der Waals surface area contributed by atoms with E-state index in [0.29, 0.717) is 11.2 Å². The Labute approximate surface area is 126 Å². The van der Waals surface area contributed by atoms with Gasteiger partial charge in [-0.1, -0.05) is 18.5 Å². The van der Waals surface area contributed by atoms with Crippen LogP contribution in [0.15, 0.2) is 0 Å². The molecule has 2 heterocycles. The number of halogens is 1. The van der Waals surface area contributed by atoms with Crippen LogP contribution in [0.25, 0.3) is 0 Å². The van der Waals surface area contributed by atoms with Gasteiger partial charge in [-0.3, -0.25) is 0 Å². The molecule has 1 atom stereocenters. The van der Waals surface area contributed by atoms with E-state index >= 15 is 0 Å². The topological polar surface area (TPSA) is 49.2 Å². The van der Waals surface area contributed by atoms with Crippen LogP contribution in [0.2, 0.25) is 5.15 Å². The van der Waals surface area contributed by atoms with Gasteiger partial charge in [0, 0.05) is 31.2 Å². The van der Waals surface area contributed by atoms with Crippen molar-refractivity contribution >= 4 is 17.4 Å². The fourth-order valence-corrected chi connectivity index (χ4v) is 3.06. The summed E-state index contributed by atoms with van der Waals surface area (Å²) in [7, 11) is 0. The van der Waals surface area contributed by atoms with Crippen molar-refractivity contribution in [2.45, 2.75) is 58.4 Å². The van der Waals surface area contributed by atoms with Gasteiger partial charge in [0.1, 0.15) is 16.8 Å². The molecule has 1 N–H and O–H groups in total. The lowest BCUT2D eigenvalue weighted by Gasteiger charge is -2.27. The van der Waals surface area contributed by atoms with Crippen LogP contribution < -0.4 is 4.90 Å². The highest BCUT2D eigenvalue weighted by molar-refractivity contribution is 6.30. The first-order chi connectivity index (χ1) is 9.67. The smallest absolute Gasteiger partial charge is 0.137 e. The lowest BCUT2D eigenvalue weighted by molar-refractivity contribution is 0.279. The Kier molecular flexibility index (Phi) is 5.61. The van der Waals surface area contributed by atoms with Crippen molar-refractivity contribution in [1.29, 1.82) is 0 Å². The number of rotatable bonds is 6. The number of aliphatic hydroxyl groups excluding tert-OH is 1. The zero-order chi connectivity index (χ0) is 14.5. The maximum atomic E-state index is 9.03. The molecule has 1 aliphatic rings. The average molecular weight is 298 g/mol. The van der Waals surface area contributed by atoms with Crippen molar-refractivity contribution in [2.75, 3.05) is 18.1 Å². The SMILES string of the molecule is CCCc1nc(Cl)c(C)c(N2CCCC2CCCO)n1. The number of nitrogens with zero attached hydrogens (tertiary/aromatic N) is 3. The van der Waals surface area contributed by atoms with Gasteiger partial charge in [-0.2, -0.15) is 0 Å². The quantitative estimate of drug-likeness (QED) is 0.820. The molecule has 1 fully saturated rings. The van der Waals surface area contributed by atoms with Gasteiger partial charge in [-0.25, -0.2) is 9.97 Å². The van der Waals surface area contributed by atoms with Crippen molar-refractivity contribution < 1.29 is 5.11 Å². The third-order valence-corrected chi connectivity index (χ3v) is 4.29. The molecule has 1 aromatic heterocycles. The molecule has 0 spiro atoms. The standard InChI is InChI=1S/C15H24ClN3O/c1-3-6-13-17-14(16)11(2)15(18-13)19-9-4-7-12(19)8-5-10-20/h12,20H,3-10H2,1-2H3. The van der Waals surface area contributed by atoms with Crippen molar-refractivity contribution in [3.63, 3.8) is 0 Å². The monoisotopic (exact) mass is 297 g/mol. The van der Waals surface area contributed by atoms with Gasteiger partial charge in [0.05, 0.1) is 0 Å². The van der Waals surface area contributed by atoms with Gasteiger partial charge in [-0.15, -0.1) is 0 Å². The Morgan fingerprint density at radius 1 is 1.40 bits per heavy atom. The summed E-state index contributed by atoms with van der Waals surface area (Å²) in [6.45, 7) is 5.40. The van der Waals surface area contributed by atoms with Gasteiger partial charge in [0.25, 0.3) is 0 Å². The first kappa shape index (κ1) is 15.5. The van der Waals surface area contributed by atoms with Crippen molar-refractivity contribution in [3.05, 3.63) is 16.5 Å². The minimum absolute atomic E-state index is 0.259. The molecule has 0 saturated carbocycles. The average Bonchev–Trinajstić information content (AvgIpc) is 2.89. The molecule has 1 saturated heterocycles. The maximum absolute atomic E-state index is 9.03. The Morgan fingerprint density at radius 3 is 2.90 bits per heavy atom. The fourth-order valence-electron chi connectivity index (χ4n) is 2.88. The zero-order valence-electron chi connectivity index (χ0n) is 12.4. The predicted molar refractivity (Wildman–Crippen MR) is 82.5 cm³/mol. The minimum Gasteiger partial charge on any atom is -0.396 e. The second kappa shape index (κ2) is 7.23. The molecule has 0 radical (unpaired) electrons. The van der Waals surface area contributed by atoms with Crippen LogP contribution >= 0.6 is 11.6 Å². The first-order valence-corrected chi connectivity index (χ1v) is 7.95. The summed E-state index contributed by atoms with van der Waals surface area (Å²) in [5.74, 6) is 1.83. The Morgan fingerprint density at radius 2 is 2.20 bits per heavy atom. The number of aliphatic hydroxyl groups is 1.